The molecule has 0 unspecified atom stereocenters. The van der Waals surface area contributed by atoms with E-state index >= 15 is 0 Å². The first-order valence-electron chi connectivity index (χ1n) is 7.48. The van der Waals surface area contributed by atoms with E-state index in [1.54, 1.807) is 0 Å². The predicted octanol–water partition coefficient (Wildman–Crippen LogP) is 3.36. The zero-order valence-electron chi connectivity index (χ0n) is 13.7. The quantitative estimate of drug-likeness (QED) is 0.470. The number of hydrogen-bond acceptors (Lipinski definition) is 4. The average Bonchev–Trinajstić information content (AvgIpc) is 2.66. The molecule has 130 valence electrons. The molecule has 0 radical (unpaired) electrons. The monoisotopic (exact) mass is 406 g/mol. The third-order valence-corrected chi connectivity index (χ3v) is 4.23. The Morgan fingerprint density at radius 3 is 1.96 bits per heavy atom. The molecule has 0 spiro atoms. The molecule has 0 saturated heterocycles. The average molecular weight is 405 g/mol. The molecule has 2 amide bonds. The van der Waals surface area contributed by atoms with Gasteiger partial charge in [0.15, 0.2) is 0 Å². The number of benzene rings is 2. The molecule has 0 atom stereocenters. The van der Waals surface area contributed by atoms with Crippen LogP contribution in [0.1, 0.15) is 11.1 Å². The van der Waals surface area contributed by atoms with Gasteiger partial charge in [-0.15, -0.1) is 0 Å². The summed E-state index contributed by atoms with van der Waals surface area (Å²) >= 11 is -0.197. The van der Waals surface area contributed by atoms with Gasteiger partial charge in [0, 0.05) is 0 Å². The fourth-order valence-corrected chi connectivity index (χ4v) is 2.54. The van der Waals surface area contributed by atoms with Gasteiger partial charge in [0.1, 0.15) is 0 Å². The van der Waals surface area contributed by atoms with Gasteiger partial charge in [-0.3, -0.25) is 0 Å². The first-order valence-corrected chi connectivity index (χ1v) is 10.1. The van der Waals surface area contributed by atoms with Crippen LogP contribution >= 0.6 is 0 Å². The van der Waals surface area contributed by atoms with E-state index in [-0.39, 0.29) is 32.9 Å². The summed E-state index contributed by atoms with van der Waals surface area (Å²) in [6.45, 7) is 0.279. The fourth-order valence-electron chi connectivity index (χ4n) is 1.81. The topological polar surface area (TPSA) is 77.0 Å². The zero-order valence-corrected chi connectivity index (χ0v) is 15.4. The van der Waals surface area contributed by atoms with Crippen molar-refractivity contribution in [1.82, 2.24) is 5.32 Å². The van der Waals surface area contributed by atoms with Crippen LogP contribution in [-0.2, 0) is 22.7 Å². The van der Waals surface area contributed by atoms with Gasteiger partial charge in [-0.2, -0.15) is 0 Å². The first kappa shape index (κ1) is 18.7. The number of rotatable bonds is 5. The summed E-state index contributed by atoms with van der Waals surface area (Å²) in [4.78, 5) is 27.3. The van der Waals surface area contributed by atoms with Crippen molar-refractivity contribution in [3.8, 4) is 0 Å². The number of aliphatic imine (C=N–C) groups is 1. The maximum absolute atomic E-state index is 11.8. The Morgan fingerprint density at radius 2 is 1.44 bits per heavy atom. The number of amides is 2. The molecule has 0 bridgehead atoms. The van der Waals surface area contributed by atoms with Crippen LogP contribution in [-0.4, -0.2) is 31.9 Å². The van der Waals surface area contributed by atoms with Crippen molar-refractivity contribution >= 4 is 31.9 Å². The van der Waals surface area contributed by atoms with Crippen LogP contribution in [0.15, 0.2) is 65.7 Å². The van der Waals surface area contributed by atoms with Crippen LogP contribution in [0.25, 0.3) is 0 Å². The summed E-state index contributed by atoms with van der Waals surface area (Å²) in [6, 6.07) is 18.6. The molecular formula is C18H18N2O4Se. The van der Waals surface area contributed by atoms with E-state index in [4.69, 9.17) is 9.47 Å². The van der Waals surface area contributed by atoms with E-state index in [1.165, 1.54) is 0 Å². The Kier molecular flexibility index (Phi) is 7.69. The second-order valence-corrected chi connectivity index (χ2v) is 6.52. The summed E-state index contributed by atoms with van der Waals surface area (Å²) in [6.07, 6.45) is -1.40. The SMILES string of the molecule is C[Se]/C(=N\C(=O)OCc1ccccc1)NC(=O)OCc1ccccc1. The molecule has 7 heteroatoms. The zero-order chi connectivity index (χ0) is 17.9. The van der Waals surface area contributed by atoms with Crippen LogP contribution in [0.5, 0.6) is 0 Å². The fraction of sp³-hybridized carbons (Fsp3) is 0.167. The van der Waals surface area contributed by atoms with Crippen molar-refractivity contribution in [1.29, 1.82) is 0 Å². The number of nitrogens with zero attached hydrogens (tertiary/aromatic N) is 1. The number of carbonyl (C=O) groups is 2. The van der Waals surface area contributed by atoms with Gasteiger partial charge in [-0.25, -0.2) is 0 Å². The molecule has 2 aromatic rings. The first-order chi connectivity index (χ1) is 12.2. The standard InChI is InChI=1S/C18H18N2O4Se/c1-25-16(19-17(21)23-12-14-8-4-2-5-9-14)20-18(22)24-13-15-10-6-3-7-11-15/h2-11H,12-13H2,1H3,(H,19,20,21,22). The molecule has 2 aromatic carbocycles. The van der Waals surface area contributed by atoms with Crippen molar-refractivity contribution in [2.75, 3.05) is 0 Å². The van der Waals surface area contributed by atoms with Crippen molar-refractivity contribution < 1.29 is 19.1 Å². The molecule has 0 aliphatic heterocycles. The number of carbonyl (C=O) groups excluding carboxylic acids is 2. The van der Waals surface area contributed by atoms with E-state index in [0.717, 1.165) is 11.1 Å². The Bertz CT molecular complexity index is 720. The second-order valence-electron chi connectivity index (χ2n) is 4.85. The van der Waals surface area contributed by atoms with Crippen molar-refractivity contribution in [2.45, 2.75) is 19.0 Å². The normalized spacial score (nSPS) is 10.8. The number of ether oxygens (including phenoxy) is 2. The van der Waals surface area contributed by atoms with Crippen LogP contribution in [0.3, 0.4) is 0 Å². The van der Waals surface area contributed by atoms with E-state index in [2.05, 4.69) is 10.3 Å². The summed E-state index contributed by atoms with van der Waals surface area (Å²) < 4.78 is 10.4. The van der Waals surface area contributed by atoms with Gasteiger partial charge in [-0.05, 0) is 0 Å². The van der Waals surface area contributed by atoms with E-state index < -0.39 is 12.2 Å². The molecule has 0 saturated carbocycles. The predicted molar refractivity (Wildman–Crippen MR) is 95.4 cm³/mol. The van der Waals surface area contributed by atoms with Gasteiger partial charge in [0.25, 0.3) is 0 Å². The molecule has 6 nitrogen and oxygen atoms in total. The minimum absolute atomic E-state index is 0.131. The molecule has 0 aromatic heterocycles. The number of hydrogen-bond donors (Lipinski definition) is 1. The maximum atomic E-state index is 11.8. The summed E-state index contributed by atoms with van der Waals surface area (Å²) in [5, 5.41) is 2.48. The Balaban J connectivity index is 1.80. The summed E-state index contributed by atoms with van der Waals surface area (Å²) in [5.74, 6) is 1.83. The van der Waals surface area contributed by atoms with Crippen molar-refractivity contribution in [3.63, 3.8) is 0 Å². The van der Waals surface area contributed by atoms with E-state index in [1.807, 2.05) is 66.5 Å². The Hall–Kier alpha value is -2.63. The van der Waals surface area contributed by atoms with Gasteiger partial charge in [0.2, 0.25) is 0 Å². The third-order valence-electron chi connectivity index (χ3n) is 3.01. The van der Waals surface area contributed by atoms with Crippen LogP contribution in [0, 0.1) is 0 Å². The number of alkyl carbamates (subject to hydrolysis) is 1. The van der Waals surface area contributed by atoms with E-state index in [0.29, 0.717) is 0 Å². The van der Waals surface area contributed by atoms with Gasteiger partial charge in [0.05, 0.1) is 0 Å². The Morgan fingerprint density at radius 1 is 0.920 bits per heavy atom. The van der Waals surface area contributed by atoms with E-state index in [9.17, 15) is 9.59 Å². The molecule has 2 rings (SSSR count). The molecule has 0 aliphatic rings. The van der Waals surface area contributed by atoms with Crippen LogP contribution in [0.4, 0.5) is 9.59 Å². The summed E-state index contributed by atoms with van der Waals surface area (Å²) in [5.41, 5.74) is 1.74. The van der Waals surface area contributed by atoms with Gasteiger partial charge >= 0.3 is 152 Å². The van der Waals surface area contributed by atoms with Crippen molar-refractivity contribution in [3.05, 3.63) is 71.8 Å². The number of nitrogens with one attached hydrogen (secondary N) is 1. The molecular weight excluding hydrogens is 387 g/mol. The third kappa shape index (κ3) is 7.20. The van der Waals surface area contributed by atoms with Crippen LogP contribution in [0.2, 0.25) is 5.82 Å². The molecule has 25 heavy (non-hydrogen) atoms. The molecule has 0 heterocycles. The van der Waals surface area contributed by atoms with Gasteiger partial charge in [-0.1, -0.05) is 0 Å². The van der Waals surface area contributed by atoms with Gasteiger partial charge < -0.3 is 0 Å². The van der Waals surface area contributed by atoms with Crippen molar-refractivity contribution in [2.24, 2.45) is 4.99 Å². The molecule has 0 fully saturated rings. The Labute approximate surface area is 152 Å². The summed E-state index contributed by atoms with van der Waals surface area (Å²) in [7, 11) is 0. The number of amidine groups is 1. The minimum atomic E-state index is -0.745. The molecule has 0 aliphatic carbocycles. The van der Waals surface area contributed by atoms with Crippen LogP contribution < -0.4 is 5.32 Å². The molecule has 1 N–H and O–H groups in total. The second kappa shape index (κ2) is 10.3.